The van der Waals surface area contributed by atoms with E-state index < -0.39 is 11.6 Å². The molecule has 4 heteroatoms. The minimum atomic E-state index is -1.02. The first kappa shape index (κ1) is 8.27. The van der Waals surface area contributed by atoms with Gasteiger partial charge in [0.05, 0.1) is 5.69 Å². The standard InChI is InChI=1S/C7H6ClF2N/c1-11-5-3-2-4(9)7(10)6(5)8/h2-3,11H,1H3. The van der Waals surface area contributed by atoms with E-state index in [1.54, 1.807) is 7.05 Å². The molecule has 0 aliphatic heterocycles. The fraction of sp³-hybridized carbons (Fsp3) is 0.143. The van der Waals surface area contributed by atoms with Crippen LogP contribution in [-0.4, -0.2) is 7.05 Å². The maximum Gasteiger partial charge on any atom is 0.179 e. The Bertz CT molecular complexity index is 275. The van der Waals surface area contributed by atoms with Crippen LogP contribution in [-0.2, 0) is 0 Å². The van der Waals surface area contributed by atoms with Crippen LogP contribution in [0.1, 0.15) is 0 Å². The van der Waals surface area contributed by atoms with Gasteiger partial charge in [0.1, 0.15) is 5.02 Å². The van der Waals surface area contributed by atoms with Gasteiger partial charge >= 0.3 is 0 Å². The first-order valence-electron chi connectivity index (χ1n) is 2.98. The van der Waals surface area contributed by atoms with Crippen molar-refractivity contribution in [2.45, 2.75) is 0 Å². The Kier molecular flexibility index (Phi) is 2.29. The zero-order valence-electron chi connectivity index (χ0n) is 5.79. The van der Waals surface area contributed by atoms with Crippen LogP contribution in [0, 0.1) is 11.6 Å². The average Bonchev–Trinajstić information content (AvgIpc) is 2.01. The first-order chi connectivity index (χ1) is 5.16. The summed E-state index contributed by atoms with van der Waals surface area (Å²) in [5, 5.41) is 2.41. The third-order valence-corrected chi connectivity index (χ3v) is 1.67. The summed E-state index contributed by atoms with van der Waals surface area (Å²) in [6, 6.07) is 2.40. The van der Waals surface area contributed by atoms with Crippen molar-refractivity contribution in [2.75, 3.05) is 12.4 Å². The van der Waals surface area contributed by atoms with Crippen molar-refractivity contribution < 1.29 is 8.78 Å². The molecule has 0 unspecified atom stereocenters. The molecule has 0 atom stereocenters. The van der Waals surface area contributed by atoms with E-state index in [-0.39, 0.29) is 5.02 Å². The lowest BCUT2D eigenvalue weighted by Gasteiger charge is -2.03. The van der Waals surface area contributed by atoms with Crippen molar-refractivity contribution in [3.63, 3.8) is 0 Å². The number of benzene rings is 1. The molecule has 0 heterocycles. The summed E-state index contributed by atoms with van der Waals surface area (Å²) < 4.78 is 25.0. The highest BCUT2D eigenvalue weighted by Crippen LogP contribution is 2.25. The van der Waals surface area contributed by atoms with E-state index in [1.165, 1.54) is 6.07 Å². The zero-order valence-corrected chi connectivity index (χ0v) is 6.54. The summed E-state index contributed by atoms with van der Waals surface area (Å²) in [6.07, 6.45) is 0. The Morgan fingerprint density at radius 3 is 2.55 bits per heavy atom. The van der Waals surface area contributed by atoms with Crippen LogP contribution >= 0.6 is 11.6 Å². The number of halogens is 3. The number of nitrogens with one attached hydrogen (secondary N) is 1. The number of hydrogen-bond acceptors (Lipinski definition) is 1. The average molecular weight is 178 g/mol. The second-order valence-corrected chi connectivity index (χ2v) is 2.35. The summed E-state index contributed by atoms with van der Waals surface area (Å²) >= 11 is 5.42. The lowest BCUT2D eigenvalue weighted by molar-refractivity contribution is 0.509. The second kappa shape index (κ2) is 3.05. The van der Waals surface area contributed by atoms with Crippen LogP contribution in [0.5, 0.6) is 0 Å². The highest BCUT2D eigenvalue weighted by atomic mass is 35.5. The summed E-state index contributed by atoms with van der Waals surface area (Å²) in [6.45, 7) is 0. The number of anilines is 1. The largest absolute Gasteiger partial charge is 0.387 e. The van der Waals surface area contributed by atoms with E-state index in [9.17, 15) is 8.78 Å². The Morgan fingerprint density at radius 1 is 1.36 bits per heavy atom. The molecule has 0 saturated carbocycles. The molecule has 0 spiro atoms. The molecule has 1 aromatic carbocycles. The monoisotopic (exact) mass is 177 g/mol. The van der Waals surface area contributed by atoms with Crippen LogP contribution in [0.2, 0.25) is 5.02 Å². The maximum atomic E-state index is 12.6. The van der Waals surface area contributed by atoms with E-state index >= 15 is 0 Å². The summed E-state index contributed by atoms with van der Waals surface area (Å²) in [7, 11) is 1.58. The van der Waals surface area contributed by atoms with Gasteiger partial charge in [0, 0.05) is 7.05 Å². The molecule has 11 heavy (non-hydrogen) atoms. The summed E-state index contributed by atoms with van der Waals surface area (Å²) in [5.74, 6) is -1.95. The third kappa shape index (κ3) is 1.43. The Hall–Kier alpha value is -0.830. The molecule has 1 N–H and O–H groups in total. The van der Waals surface area contributed by atoms with Gasteiger partial charge in [0.25, 0.3) is 0 Å². The van der Waals surface area contributed by atoms with Crippen LogP contribution in [0.3, 0.4) is 0 Å². The lowest BCUT2D eigenvalue weighted by Crippen LogP contribution is -1.93. The fourth-order valence-electron chi connectivity index (χ4n) is 0.719. The molecule has 0 amide bonds. The molecule has 0 aliphatic rings. The Morgan fingerprint density at radius 2 is 2.00 bits per heavy atom. The van der Waals surface area contributed by atoms with Crippen LogP contribution in [0.15, 0.2) is 12.1 Å². The van der Waals surface area contributed by atoms with Crippen molar-refractivity contribution in [1.82, 2.24) is 0 Å². The molecule has 0 bridgehead atoms. The normalized spacial score (nSPS) is 9.82. The molecule has 0 aromatic heterocycles. The minimum Gasteiger partial charge on any atom is -0.387 e. The Balaban J connectivity index is 3.25. The van der Waals surface area contributed by atoms with Gasteiger partial charge in [-0.1, -0.05) is 11.6 Å². The van der Waals surface area contributed by atoms with Gasteiger partial charge in [-0.3, -0.25) is 0 Å². The summed E-state index contributed by atoms with van der Waals surface area (Å²) in [5.41, 5.74) is 0.380. The summed E-state index contributed by atoms with van der Waals surface area (Å²) in [4.78, 5) is 0. The van der Waals surface area contributed by atoms with Gasteiger partial charge in [-0.2, -0.15) is 0 Å². The highest BCUT2D eigenvalue weighted by Gasteiger charge is 2.09. The maximum absolute atomic E-state index is 12.6. The van der Waals surface area contributed by atoms with Gasteiger partial charge in [0.2, 0.25) is 0 Å². The van der Waals surface area contributed by atoms with Crippen molar-refractivity contribution in [3.8, 4) is 0 Å². The molecular weight excluding hydrogens is 172 g/mol. The van der Waals surface area contributed by atoms with Crippen LogP contribution in [0.4, 0.5) is 14.5 Å². The topological polar surface area (TPSA) is 12.0 Å². The van der Waals surface area contributed by atoms with Gasteiger partial charge < -0.3 is 5.32 Å². The third-order valence-electron chi connectivity index (χ3n) is 1.30. The second-order valence-electron chi connectivity index (χ2n) is 1.97. The minimum absolute atomic E-state index is 0.215. The predicted molar refractivity (Wildman–Crippen MR) is 40.9 cm³/mol. The van der Waals surface area contributed by atoms with Crippen LogP contribution < -0.4 is 5.32 Å². The van der Waals surface area contributed by atoms with E-state index in [2.05, 4.69) is 5.32 Å². The van der Waals surface area contributed by atoms with Crippen molar-refractivity contribution >= 4 is 17.3 Å². The molecule has 0 aliphatic carbocycles. The van der Waals surface area contributed by atoms with Gasteiger partial charge in [-0.15, -0.1) is 0 Å². The molecule has 0 saturated heterocycles. The van der Waals surface area contributed by atoms with Gasteiger partial charge in [-0.25, -0.2) is 8.78 Å². The smallest absolute Gasteiger partial charge is 0.179 e. The molecule has 0 fully saturated rings. The molecule has 1 aromatic rings. The van der Waals surface area contributed by atoms with E-state index in [0.29, 0.717) is 5.69 Å². The van der Waals surface area contributed by atoms with Gasteiger partial charge in [0.15, 0.2) is 11.6 Å². The highest BCUT2D eigenvalue weighted by molar-refractivity contribution is 6.33. The SMILES string of the molecule is CNc1ccc(F)c(F)c1Cl. The quantitative estimate of drug-likeness (QED) is 0.651. The lowest BCUT2D eigenvalue weighted by atomic mass is 10.3. The van der Waals surface area contributed by atoms with Crippen LogP contribution in [0.25, 0.3) is 0 Å². The van der Waals surface area contributed by atoms with E-state index in [1.807, 2.05) is 0 Å². The number of hydrogen-bond donors (Lipinski definition) is 1. The molecule has 0 radical (unpaired) electrons. The fourth-order valence-corrected chi connectivity index (χ4v) is 0.967. The Labute approximate surface area is 68.0 Å². The van der Waals surface area contributed by atoms with Crippen molar-refractivity contribution in [3.05, 3.63) is 28.8 Å². The first-order valence-corrected chi connectivity index (χ1v) is 3.36. The zero-order chi connectivity index (χ0) is 8.43. The van der Waals surface area contributed by atoms with Crippen molar-refractivity contribution in [1.29, 1.82) is 0 Å². The van der Waals surface area contributed by atoms with Crippen molar-refractivity contribution in [2.24, 2.45) is 0 Å². The molecular formula is C7H6ClF2N. The number of rotatable bonds is 1. The molecule has 60 valence electrons. The molecule has 1 nitrogen and oxygen atoms in total. The molecule has 1 rings (SSSR count). The van der Waals surface area contributed by atoms with Gasteiger partial charge in [-0.05, 0) is 12.1 Å². The van der Waals surface area contributed by atoms with E-state index in [0.717, 1.165) is 6.07 Å². The predicted octanol–water partition coefficient (Wildman–Crippen LogP) is 2.66. The van der Waals surface area contributed by atoms with E-state index in [4.69, 9.17) is 11.6 Å².